The Labute approximate surface area is 234 Å². The number of para-hydroxylation sites is 1. The van der Waals surface area contributed by atoms with Crippen LogP contribution in [0.5, 0.6) is 5.75 Å². The van der Waals surface area contributed by atoms with E-state index in [0.717, 1.165) is 10.2 Å². The number of likely N-dealkylation sites (N-methyl/N-ethyl adjacent to an activating group) is 1. The zero-order chi connectivity index (χ0) is 26.7. The van der Waals surface area contributed by atoms with Crippen molar-refractivity contribution in [2.45, 2.75) is 37.9 Å². The van der Waals surface area contributed by atoms with Gasteiger partial charge in [0.1, 0.15) is 11.3 Å². The monoisotopic (exact) mass is 582 g/mol. The van der Waals surface area contributed by atoms with E-state index < -0.39 is 10.0 Å². The quantitative estimate of drug-likeness (QED) is 0.375. The number of carbonyl (C=O) groups is 1. The molecule has 0 spiro atoms. The number of aromatic nitrogens is 1. The maximum Gasteiger partial charge on any atom is 0.260 e. The molecule has 208 valence electrons. The molecule has 3 aromatic rings. The molecule has 9 nitrogen and oxygen atoms in total. The number of ether oxygens (including phenoxy) is 2. The number of carbonyl (C=O) groups excluding carboxylic acids is 1. The number of sulfonamides is 1. The number of rotatable bonds is 9. The van der Waals surface area contributed by atoms with Gasteiger partial charge in [0.05, 0.1) is 28.4 Å². The van der Waals surface area contributed by atoms with E-state index in [1.807, 2.05) is 58.0 Å². The van der Waals surface area contributed by atoms with Crippen molar-refractivity contribution in [3.63, 3.8) is 0 Å². The van der Waals surface area contributed by atoms with Crippen LogP contribution in [0.25, 0.3) is 10.2 Å². The third kappa shape index (κ3) is 6.64. The van der Waals surface area contributed by atoms with Gasteiger partial charge in [-0.05, 0) is 71.3 Å². The molecule has 0 saturated carbocycles. The SMILES string of the molecule is CCOc1cccc2sc(N(CCN(C)C)C(=O)c3ccc(S(=O)(=O)N4CC(C)OC(C)C4)cc3)nc12.Cl. The van der Waals surface area contributed by atoms with Gasteiger partial charge < -0.3 is 14.4 Å². The molecule has 1 aliphatic rings. The smallest absolute Gasteiger partial charge is 0.260 e. The van der Waals surface area contributed by atoms with E-state index in [-0.39, 0.29) is 35.4 Å². The van der Waals surface area contributed by atoms with Crippen molar-refractivity contribution in [3.05, 3.63) is 48.0 Å². The average molecular weight is 583 g/mol. The van der Waals surface area contributed by atoms with Gasteiger partial charge in [-0.25, -0.2) is 13.4 Å². The van der Waals surface area contributed by atoms with Gasteiger partial charge >= 0.3 is 0 Å². The molecule has 4 rings (SSSR count). The van der Waals surface area contributed by atoms with Crippen LogP contribution in [-0.4, -0.2) is 87.6 Å². The van der Waals surface area contributed by atoms with Gasteiger partial charge in [-0.3, -0.25) is 9.69 Å². The Balaban J connectivity index is 0.00000400. The number of fused-ring (bicyclic) bond motifs is 1. The predicted octanol–water partition coefficient (Wildman–Crippen LogP) is 4.12. The summed E-state index contributed by atoms with van der Waals surface area (Å²) in [6.45, 7) is 7.83. The van der Waals surface area contributed by atoms with Crippen molar-refractivity contribution in [2.24, 2.45) is 0 Å². The molecule has 0 N–H and O–H groups in total. The molecular weight excluding hydrogens is 548 g/mol. The Kier molecular flexibility index (Phi) is 10.1. The van der Waals surface area contributed by atoms with Crippen LogP contribution < -0.4 is 9.64 Å². The van der Waals surface area contributed by atoms with E-state index in [9.17, 15) is 13.2 Å². The van der Waals surface area contributed by atoms with Crippen LogP contribution in [0.4, 0.5) is 5.13 Å². The van der Waals surface area contributed by atoms with Crippen molar-refractivity contribution in [2.75, 3.05) is 51.8 Å². The second-order valence-corrected chi connectivity index (χ2v) is 12.3. The first-order chi connectivity index (χ1) is 17.6. The minimum Gasteiger partial charge on any atom is -0.492 e. The third-order valence-corrected chi connectivity index (χ3v) is 8.93. The Morgan fingerprint density at radius 1 is 1.11 bits per heavy atom. The van der Waals surface area contributed by atoms with Crippen LogP contribution in [0.3, 0.4) is 0 Å². The number of nitrogens with zero attached hydrogens (tertiary/aromatic N) is 4. The number of amides is 1. The zero-order valence-corrected chi connectivity index (χ0v) is 24.7. The van der Waals surface area contributed by atoms with Gasteiger partial charge in [-0.1, -0.05) is 17.4 Å². The topological polar surface area (TPSA) is 92.3 Å². The largest absolute Gasteiger partial charge is 0.492 e. The summed E-state index contributed by atoms with van der Waals surface area (Å²) in [4.78, 5) is 22.2. The maximum atomic E-state index is 13.7. The number of thiazole rings is 1. The number of hydrogen-bond acceptors (Lipinski definition) is 8. The fourth-order valence-corrected chi connectivity index (χ4v) is 6.88. The van der Waals surface area contributed by atoms with E-state index in [1.54, 1.807) is 17.0 Å². The molecule has 12 heteroatoms. The minimum atomic E-state index is -3.69. The van der Waals surface area contributed by atoms with Gasteiger partial charge in [-0.2, -0.15) is 4.31 Å². The van der Waals surface area contributed by atoms with Crippen molar-refractivity contribution >= 4 is 55.0 Å². The fraction of sp³-hybridized carbons (Fsp3) is 0.462. The number of morpholine rings is 1. The molecule has 2 heterocycles. The molecule has 1 aromatic heterocycles. The van der Waals surface area contributed by atoms with Crippen molar-refractivity contribution in [1.29, 1.82) is 0 Å². The van der Waals surface area contributed by atoms with E-state index in [4.69, 9.17) is 14.5 Å². The van der Waals surface area contributed by atoms with Crippen LogP contribution in [0.15, 0.2) is 47.4 Å². The van der Waals surface area contributed by atoms with Crippen LogP contribution >= 0.6 is 23.7 Å². The molecule has 0 aliphatic carbocycles. The summed E-state index contributed by atoms with van der Waals surface area (Å²) >= 11 is 1.43. The normalized spacial score (nSPS) is 18.4. The van der Waals surface area contributed by atoms with Crippen LogP contribution in [0.1, 0.15) is 31.1 Å². The van der Waals surface area contributed by atoms with E-state index in [0.29, 0.717) is 49.2 Å². The van der Waals surface area contributed by atoms with Gasteiger partial charge in [-0.15, -0.1) is 12.4 Å². The standard InChI is InChI=1S/C26H34N4O5S2.ClH/c1-6-34-22-8-7-9-23-24(22)27-26(36-23)30(15-14-28(4)5)25(31)20-10-12-21(13-11-20)37(32,33)29-16-18(2)35-19(3)17-29;/h7-13,18-19H,6,14-17H2,1-5H3;1H. The second-order valence-electron chi connectivity index (χ2n) is 9.40. The Morgan fingerprint density at radius 2 is 1.76 bits per heavy atom. The van der Waals surface area contributed by atoms with Crippen molar-refractivity contribution < 1.29 is 22.7 Å². The molecule has 2 aromatic carbocycles. The second kappa shape index (κ2) is 12.7. The predicted molar refractivity (Wildman–Crippen MR) is 153 cm³/mol. The summed E-state index contributed by atoms with van der Waals surface area (Å²) in [6, 6.07) is 11.9. The summed E-state index contributed by atoms with van der Waals surface area (Å²) in [7, 11) is 0.197. The van der Waals surface area contributed by atoms with E-state index in [2.05, 4.69) is 0 Å². The van der Waals surface area contributed by atoms with E-state index in [1.165, 1.54) is 27.8 Å². The molecule has 1 saturated heterocycles. The highest BCUT2D eigenvalue weighted by Crippen LogP contribution is 2.35. The minimum absolute atomic E-state index is 0. The van der Waals surface area contributed by atoms with Gasteiger partial charge in [0.25, 0.3) is 5.91 Å². The van der Waals surface area contributed by atoms with Crippen molar-refractivity contribution in [1.82, 2.24) is 14.2 Å². The highest BCUT2D eigenvalue weighted by molar-refractivity contribution is 7.89. The van der Waals surface area contributed by atoms with E-state index >= 15 is 0 Å². The molecule has 0 bridgehead atoms. The summed E-state index contributed by atoms with van der Waals surface area (Å²) in [5.74, 6) is 0.445. The molecule has 1 fully saturated rings. The number of benzene rings is 2. The average Bonchev–Trinajstić information content (AvgIpc) is 3.28. The number of anilines is 1. The molecule has 2 atom stereocenters. The Morgan fingerprint density at radius 3 is 2.37 bits per heavy atom. The van der Waals surface area contributed by atoms with Gasteiger partial charge in [0.2, 0.25) is 10.0 Å². The molecule has 1 amide bonds. The van der Waals surface area contributed by atoms with Crippen LogP contribution in [-0.2, 0) is 14.8 Å². The first-order valence-electron chi connectivity index (χ1n) is 12.3. The molecule has 38 heavy (non-hydrogen) atoms. The molecular formula is C26H35ClN4O5S2. The highest BCUT2D eigenvalue weighted by atomic mass is 35.5. The first-order valence-corrected chi connectivity index (χ1v) is 14.6. The van der Waals surface area contributed by atoms with Gasteiger partial charge in [0.15, 0.2) is 5.13 Å². The lowest BCUT2D eigenvalue weighted by Gasteiger charge is -2.34. The maximum absolute atomic E-state index is 13.7. The zero-order valence-electron chi connectivity index (χ0n) is 22.3. The number of hydrogen-bond donors (Lipinski definition) is 0. The lowest BCUT2D eigenvalue weighted by molar-refractivity contribution is -0.0440. The summed E-state index contributed by atoms with van der Waals surface area (Å²) in [6.07, 6.45) is -0.358. The summed E-state index contributed by atoms with van der Waals surface area (Å²) in [5.41, 5.74) is 1.12. The molecule has 0 radical (unpaired) electrons. The first kappa shape index (κ1) is 30.3. The Hall–Kier alpha value is -2.28. The highest BCUT2D eigenvalue weighted by Gasteiger charge is 2.32. The van der Waals surface area contributed by atoms with Gasteiger partial charge in [0, 0.05) is 31.7 Å². The molecule has 2 unspecified atom stereocenters. The molecule has 1 aliphatic heterocycles. The fourth-order valence-electron chi connectivity index (χ4n) is 4.28. The third-order valence-electron chi connectivity index (χ3n) is 6.04. The van der Waals surface area contributed by atoms with Crippen LogP contribution in [0, 0.1) is 0 Å². The van der Waals surface area contributed by atoms with Crippen LogP contribution in [0.2, 0.25) is 0 Å². The number of halogens is 1. The van der Waals surface area contributed by atoms with Crippen molar-refractivity contribution in [3.8, 4) is 5.75 Å². The lowest BCUT2D eigenvalue weighted by Crippen LogP contribution is -2.48. The lowest BCUT2D eigenvalue weighted by atomic mass is 10.2. The summed E-state index contributed by atoms with van der Waals surface area (Å²) in [5, 5.41) is 0.571. The Bertz CT molecular complexity index is 1340. The summed E-state index contributed by atoms with van der Waals surface area (Å²) < 4.78 is 40.2.